The molecule has 0 radical (unpaired) electrons. The zero-order chi connectivity index (χ0) is 21.5. The Morgan fingerprint density at radius 2 is 2.06 bits per heavy atom. The lowest BCUT2D eigenvalue weighted by molar-refractivity contribution is -0.138. The number of nitrogens with zero attached hydrogens (tertiary/aromatic N) is 2. The number of thiophene rings is 1. The summed E-state index contributed by atoms with van der Waals surface area (Å²) in [6, 6.07) is 7.40. The van der Waals surface area contributed by atoms with Gasteiger partial charge in [-0.2, -0.15) is 0 Å². The third kappa shape index (κ3) is 3.64. The van der Waals surface area contributed by atoms with Gasteiger partial charge in [0.25, 0.3) is 11.8 Å². The minimum Gasteiger partial charge on any atom is -0.479 e. The van der Waals surface area contributed by atoms with E-state index in [1.165, 1.54) is 11.3 Å². The summed E-state index contributed by atoms with van der Waals surface area (Å²) in [6.07, 6.45) is 1.66. The van der Waals surface area contributed by atoms with Crippen molar-refractivity contribution in [2.45, 2.75) is 12.5 Å². The Balaban J connectivity index is 1.54. The van der Waals surface area contributed by atoms with Crippen molar-refractivity contribution in [1.82, 2.24) is 20.5 Å². The molecule has 7 nitrogen and oxygen atoms in total. The Hall–Kier alpha value is -2.68. The van der Waals surface area contributed by atoms with E-state index in [-0.39, 0.29) is 11.8 Å². The summed E-state index contributed by atoms with van der Waals surface area (Å²) in [5.41, 5.74) is 3.36. The number of pyridine rings is 1. The van der Waals surface area contributed by atoms with Crippen molar-refractivity contribution in [2.75, 3.05) is 33.2 Å². The maximum Gasteiger partial charge on any atom is 0.264 e. The SMILES string of the molecule is CNC(=O)c1cc2nccc(-c3cc(Cl)cc4c3O[C@H](C(=O)N3CCNCC3)C4)c2s1. The lowest BCUT2D eigenvalue weighted by atomic mass is 10.0. The molecule has 9 heteroatoms. The second-order valence-corrected chi connectivity index (χ2v) is 9.08. The van der Waals surface area contributed by atoms with Crippen molar-refractivity contribution in [3.05, 3.63) is 45.9 Å². The van der Waals surface area contributed by atoms with Crippen LogP contribution in [-0.2, 0) is 11.2 Å². The maximum absolute atomic E-state index is 13.0. The maximum atomic E-state index is 13.0. The van der Waals surface area contributed by atoms with Crippen LogP contribution in [0.4, 0.5) is 0 Å². The first-order chi connectivity index (χ1) is 15.0. The first-order valence-corrected chi connectivity index (χ1v) is 11.3. The molecule has 0 bridgehead atoms. The number of carbonyl (C=O) groups excluding carboxylic acids is 2. The van der Waals surface area contributed by atoms with Gasteiger partial charge in [0, 0.05) is 67.6 Å². The Kier molecular flexibility index (Phi) is 5.29. The molecule has 1 fully saturated rings. The van der Waals surface area contributed by atoms with Gasteiger partial charge in [0.2, 0.25) is 0 Å². The van der Waals surface area contributed by atoms with Crippen molar-refractivity contribution < 1.29 is 14.3 Å². The number of hydrogen-bond acceptors (Lipinski definition) is 6. The van der Waals surface area contributed by atoms with Gasteiger partial charge in [-0.25, -0.2) is 0 Å². The molecule has 0 spiro atoms. The lowest BCUT2D eigenvalue weighted by Gasteiger charge is -2.29. The molecule has 2 aliphatic rings. The summed E-state index contributed by atoms with van der Waals surface area (Å²) in [5.74, 6) is 0.543. The first-order valence-electron chi connectivity index (χ1n) is 10.1. The molecular formula is C22H21ClN4O3S. The predicted molar refractivity (Wildman–Crippen MR) is 121 cm³/mol. The van der Waals surface area contributed by atoms with Crippen LogP contribution in [0.15, 0.2) is 30.5 Å². The average molecular weight is 457 g/mol. The topological polar surface area (TPSA) is 83.6 Å². The number of rotatable bonds is 3. The predicted octanol–water partition coefficient (Wildman–Crippen LogP) is 2.71. The van der Waals surface area contributed by atoms with Crippen LogP contribution in [0.3, 0.4) is 0 Å². The highest BCUT2D eigenvalue weighted by molar-refractivity contribution is 7.21. The molecule has 0 aliphatic carbocycles. The Morgan fingerprint density at radius 1 is 1.26 bits per heavy atom. The number of halogens is 1. The van der Waals surface area contributed by atoms with Gasteiger partial charge in [-0.3, -0.25) is 14.6 Å². The summed E-state index contributed by atoms with van der Waals surface area (Å²) in [4.78, 5) is 32.0. The van der Waals surface area contributed by atoms with Crippen molar-refractivity contribution in [3.63, 3.8) is 0 Å². The fourth-order valence-corrected chi connectivity index (χ4v) is 5.47. The zero-order valence-electron chi connectivity index (χ0n) is 16.9. The van der Waals surface area contributed by atoms with E-state index in [2.05, 4.69) is 15.6 Å². The number of amides is 2. The highest BCUT2D eigenvalue weighted by atomic mass is 35.5. The van der Waals surface area contributed by atoms with Gasteiger partial charge in [0.15, 0.2) is 6.10 Å². The molecular weight excluding hydrogens is 436 g/mol. The van der Waals surface area contributed by atoms with Crippen molar-refractivity contribution in [1.29, 1.82) is 0 Å². The highest BCUT2D eigenvalue weighted by Crippen LogP contribution is 2.44. The summed E-state index contributed by atoms with van der Waals surface area (Å²) in [6.45, 7) is 2.96. The van der Waals surface area contributed by atoms with Crippen LogP contribution in [0.5, 0.6) is 5.75 Å². The minimum atomic E-state index is -0.549. The number of aromatic nitrogens is 1. The van der Waals surface area contributed by atoms with E-state index in [0.717, 1.165) is 40.0 Å². The van der Waals surface area contributed by atoms with E-state index >= 15 is 0 Å². The number of ether oxygens (including phenoxy) is 1. The van der Waals surface area contributed by atoms with Crippen LogP contribution in [0.1, 0.15) is 15.2 Å². The van der Waals surface area contributed by atoms with E-state index in [1.807, 2.05) is 23.1 Å². The summed E-state index contributed by atoms with van der Waals surface area (Å²) < 4.78 is 7.10. The highest BCUT2D eigenvalue weighted by Gasteiger charge is 2.35. The van der Waals surface area contributed by atoms with Gasteiger partial charge in [-0.1, -0.05) is 11.6 Å². The van der Waals surface area contributed by atoms with Gasteiger partial charge in [-0.15, -0.1) is 11.3 Å². The molecule has 2 aromatic heterocycles. The van der Waals surface area contributed by atoms with E-state index in [9.17, 15) is 9.59 Å². The normalized spacial score (nSPS) is 18.0. The molecule has 1 atom stereocenters. The number of hydrogen-bond donors (Lipinski definition) is 2. The largest absolute Gasteiger partial charge is 0.479 e. The number of nitrogens with one attached hydrogen (secondary N) is 2. The fourth-order valence-electron chi connectivity index (χ4n) is 4.14. The minimum absolute atomic E-state index is 0.0117. The molecule has 2 amide bonds. The quantitative estimate of drug-likeness (QED) is 0.633. The van der Waals surface area contributed by atoms with Crippen molar-refractivity contribution >= 4 is 45.0 Å². The molecule has 0 unspecified atom stereocenters. The van der Waals surface area contributed by atoms with E-state index in [1.54, 1.807) is 19.3 Å². The van der Waals surface area contributed by atoms with Gasteiger partial charge in [-0.05, 0) is 24.3 Å². The van der Waals surface area contributed by atoms with E-state index in [4.69, 9.17) is 16.3 Å². The Labute approximate surface area is 188 Å². The third-order valence-electron chi connectivity index (χ3n) is 5.65. The summed E-state index contributed by atoms with van der Waals surface area (Å²) in [5, 5.41) is 6.50. The fraction of sp³-hybridized carbons (Fsp3) is 0.318. The van der Waals surface area contributed by atoms with E-state index < -0.39 is 6.10 Å². The lowest BCUT2D eigenvalue weighted by Crippen LogP contribution is -2.50. The molecule has 1 aromatic carbocycles. The van der Waals surface area contributed by atoms with Gasteiger partial charge < -0.3 is 20.3 Å². The van der Waals surface area contributed by atoms with Gasteiger partial charge >= 0.3 is 0 Å². The van der Waals surface area contributed by atoms with Crippen molar-refractivity contribution in [2.24, 2.45) is 0 Å². The third-order valence-corrected chi connectivity index (χ3v) is 7.03. The van der Waals surface area contributed by atoms with Crippen LogP contribution in [0.2, 0.25) is 5.02 Å². The first kappa shape index (κ1) is 20.2. The van der Waals surface area contributed by atoms with Crippen LogP contribution < -0.4 is 15.4 Å². The van der Waals surface area contributed by atoms with Gasteiger partial charge in [0.1, 0.15) is 5.75 Å². The number of benzene rings is 1. The number of fused-ring (bicyclic) bond motifs is 2. The monoisotopic (exact) mass is 456 g/mol. The van der Waals surface area contributed by atoms with Crippen molar-refractivity contribution in [3.8, 4) is 16.9 Å². The van der Waals surface area contributed by atoms with Crippen LogP contribution in [0, 0.1) is 0 Å². The van der Waals surface area contributed by atoms with Crippen LogP contribution in [-0.4, -0.2) is 61.0 Å². The second-order valence-electron chi connectivity index (χ2n) is 7.59. The summed E-state index contributed by atoms with van der Waals surface area (Å²) in [7, 11) is 1.61. The Morgan fingerprint density at radius 3 is 2.84 bits per heavy atom. The Bertz CT molecular complexity index is 1190. The molecule has 2 N–H and O–H groups in total. The molecule has 31 heavy (non-hydrogen) atoms. The zero-order valence-corrected chi connectivity index (χ0v) is 18.5. The van der Waals surface area contributed by atoms with E-state index in [0.29, 0.717) is 35.2 Å². The second kappa shape index (κ2) is 8.11. The molecule has 5 rings (SSSR count). The number of piperazine rings is 1. The average Bonchev–Trinajstić information content (AvgIpc) is 3.42. The molecule has 160 valence electrons. The van der Waals surface area contributed by atoms with Crippen LogP contribution >= 0.6 is 22.9 Å². The molecule has 4 heterocycles. The molecule has 3 aromatic rings. The van der Waals surface area contributed by atoms with Crippen LogP contribution in [0.25, 0.3) is 21.3 Å². The molecule has 2 aliphatic heterocycles. The standard InChI is InChI=1S/C22H21ClN4O3S/c1-24-21(28)18-11-16-20(31-18)14(2-3-26-16)15-10-13(23)8-12-9-17(30-19(12)15)22(29)27-6-4-25-5-7-27/h2-3,8,10-11,17,25H,4-7,9H2,1H3,(H,24,28)/t17-/m0/s1. The molecule has 1 saturated heterocycles. The smallest absolute Gasteiger partial charge is 0.264 e. The number of carbonyl (C=O) groups is 2. The van der Waals surface area contributed by atoms with Gasteiger partial charge in [0.05, 0.1) is 15.1 Å². The summed E-state index contributed by atoms with van der Waals surface area (Å²) >= 11 is 7.83. The molecule has 0 saturated carbocycles.